The van der Waals surface area contributed by atoms with E-state index in [0.717, 1.165) is 44.4 Å². The average molecular weight is 446 g/mol. The Bertz CT molecular complexity index is 1670. The van der Waals surface area contributed by atoms with E-state index in [-0.39, 0.29) is 5.82 Å². The van der Waals surface area contributed by atoms with E-state index in [1.165, 1.54) is 6.07 Å². The lowest BCUT2D eigenvalue weighted by atomic mass is 9.99. The summed E-state index contributed by atoms with van der Waals surface area (Å²) in [6.07, 6.45) is 3.73. The highest BCUT2D eigenvalue weighted by atomic mass is 19.1. The fourth-order valence-electron chi connectivity index (χ4n) is 4.67. The minimum Gasteiger partial charge on any atom is -0.454 e. The van der Waals surface area contributed by atoms with Crippen molar-refractivity contribution in [2.24, 2.45) is 7.05 Å². The molecule has 0 atom stereocenters. The third-order valence-corrected chi connectivity index (χ3v) is 6.40. The monoisotopic (exact) mass is 445 g/mol. The molecule has 6 aromatic rings. The van der Waals surface area contributed by atoms with Crippen molar-refractivity contribution in [2.45, 2.75) is 6.92 Å². The zero-order chi connectivity index (χ0) is 23.2. The first-order valence-electron chi connectivity index (χ1n) is 11.2. The Morgan fingerprint density at radius 2 is 1.47 bits per heavy atom. The number of fused-ring (bicyclic) bond motifs is 3. The Morgan fingerprint density at radius 1 is 0.735 bits per heavy atom. The summed E-state index contributed by atoms with van der Waals surface area (Å²) in [6, 6.07) is 27.3. The number of benzene rings is 3. The molecule has 0 saturated carbocycles. The number of nitrogens with zero attached hydrogens (tertiary/aromatic N) is 2. The van der Waals surface area contributed by atoms with Gasteiger partial charge in [0, 0.05) is 40.2 Å². The first-order chi connectivity index (χ1) is 16.6. The lowest BCUT2D eigenvalue weighted by molar-refractivity contribution is -0.660. The van der Waals surface area contributed by atoms with Crippen molar-refractivity contribution < 1.29 is 13.4 Å². The summed E-state index contributed by atoms with van der Waals surface area (Å²) < 4.78 is 23.8. The van der Waals surface area contributed by atoms with Gasteiger partial charge in [-0.15, -0.1) is 0 Å². The van der Waals surface area contributed by atoms with E-state index in [4.69, 9.17) is 4.42 Å². The van der Waals surface area contributed by atoms with Gasteiger partial charge in [0.2, 0.25) is 5.69 Å². The third-order valence-electron chi connectivity index (χ3n) is 6.40. The van der Waals surface area contributed by atoms with E-state index in [1.807, 2.05) is 67.8 Å². The van der Waals surface area contributed by atoms with Crippen molar-refractivity contribution in [1.82, 2.24) is 4.98 Å². The zero-order valence-corrected chi connectivity index (χ0v) is 18.9. The molecule has 0 spiro atoms. The fraction of sp³-hybridized carbons (Fsp3) is 0.0667. The number of rotatable bonds is 3. The summed E-state index contributed by atoms with van der Waals surface area (Å²) in [4.78, 5) is 4.61. The van der Waals surface area contributed by atoms with Crippen LogP contribution in [-0.2, 0) is 7.05 Å². The summed E-state index contributed by atoms with van der Waals surface area (Å²) in [5.74, 6) is -0.329. The van der Waals surface area contributed by atoms with Gasteiger partial charge in [0.15, 0.2) is 6.20 Å². The van der Waals surface area contributed by atoms with Gasteiger partial charge in [-0.2, -0.15) is 0 Å². The molecule has 0 bridgehead atoms. The molecular weight excluding hydrogens is 423 g/mol. The molecule has 34 heavy (non-hydrogen) atoms. The van der Waals surface area contributed by atoms with Gasteiger partial charge < -0.3 is 4.42 Å². The van der Waals surface area contributed by atoms with Crippen LogP contribution in [0.4, 0.5) is 4.39 Å². The first-order valence-corrected chi connectivity index (χ1v) is 11.2. The van der Waals surface area contributed by atoms with Crippen molar-refractivity contribution >= 4 is 21.9 Å². The molecule has 4 heteroatoms. The average Bonchev–Trinajstić information content (AvgIpc) is 3.24. The van der Waals surface area contributed by atoms with Crippen LogP contribution >= 0.6 is 0 Å². The molecule has 3 heterocycles. The van der Waals surface area contributed by atoms with Gasteiger partial charge in [0.05, 0.1) is 16.8 Å². The molecule has 0 radical (unpaired) electrons. The van der Waals surface area contributed by atoms with Crippen molar-refractivity contribution in [2.75, 3.05) is 0 Å². The molecule has 3 aromatic heterocycles. The number of aryl methyl sites for hydroxylation is 2. The Morgan fingerprint density at radius 3 is 2.21 bits per heavy atom. The van der Waals surface area contributed by atoms with Crippen LogP contribution in [0, 0.1) is 12.7 Å². The van der Waals surface area contributed by atoms with Gasteiger partial charge in [-0.1, -0.05) is 48.5 Å². The molecule has 0 amide bonds. The van der Waals surface area contributed by atoms with Gasteiger partial charge in [-0.05, 0) is 36.8 Å². The maximum Gasteiger partial charge on any atom is 0.216 e. The maximum absolute atomic E-state index is 15.2. The molecule has 164 valence electrons. The highest BCUT2D eigenvalue weighted by molar-refractivity contribution is 6.13. The molecule has 6 rings (SSSR count). The summed E-state index contributed by atoms with van der Waals surface area (Å²) >= 11 is 0. The van der Waals surface area contributed by atoms with Crippen LogP contribution in [0.15, 0.2) is 102 Å². The summed E-state index contributed by atoms with van der Waals surface area (Å²) in [6.45, 7) is 2.07. The quantitative estimate of drug-likeness (QED) is 0.269. The van der Waals surface area contributed by atoms with Crippen LogP contribution in [0.1, 0.15) is 5.56 Å². The van der Waals surface area contributed by atoms with E-state index in [1.54, 1.807) is 12.3 Å². The standard InChI is InChI=1S/C30H22FN2O/c1-19-11-13-22-23-14-15-24(31)28(21-12-16-25(32-18-21)20-8-4-3-5-9-20)30(23)34-29(22)27(19)26-10-6-7-17-33(26)2/h3-18H,1-2H3/q+1. The van der Waals surface area contributed by atoms with Gasteiger partial charge in [0.1, 0.15) is 24.0 Å². The van der Waals surface area contributed by atoms with E-state index in [0.29, 0.717) is 16.7 Å². The predicted molar refractivity (Wildman–Crippen MR) is 134 cm³/mol. The molecule has 3 nitrogen and oxygen atoms in total. The normalized spacial score (nSPS) is 11.4. The Labute approximate surface area is 196 Å². The van der Waals surface area contributed by atoms with E-state index >= 15 is 4.39 Å². The number of pyridine rings is 2. The van der Waals surface area contributed by atoms with Crippen LogP contribution < -0.4 is 4.57 Å². The van der Waals surface area contributed by atoms with E-state index in [9.17, 15) is 0 Å². The van der Waals surface area contributed by atoms with Crippen LogP contribution in [0.2, 0.25) is 0 Å². The van der Waals surface area contributed by atoms with Crippen LogP contribution in [0.25, 0.3) is 55.6 Å². The number of halogens is 1. The molecule has 0 N–H and O–H groups in total. The fourth-order valence-corrected chi connectivity index (χ4v) is 4.67. The second-order valence-electron chi connectivity index (χ2n) is 8.53. The first kappa shape index (κ1) is 20.3. The maximum atomic E-state index is 15.2. The third kappa shape index (κ3) is 3.19. The van der Waals surface area contributed by atoms with Gasteiger partial charge in [-0.25, -0.2) is 8.96 Å². The van der Waals surface area contributed by atoms with E-state index in [2.05, 4.69) is 34.7 Å². The Kier molecular flexibility index (Phi) is 4.73. The highest BCUT2D eigenvalue weighted by Crippen LogP contribution is 2.41. The van der Waals surface area contributed by atoms with Crippen LogP contribution in [-0.4, -0.2) is 4.98 Å². The van der Waals surface area contributed by atoms with Gasteiger partial charge >= 0.3 is 0 Å². The van der Waals surface area contributed by atoms with Crippen LogP contribution in [0.5, 0.6) is 0 Å². The minimum absolute atomic E-state index is 0.329. The second kappa shape index (κ2) is 7.92. The van der Waals surface area contributed by atoms with Gasteiger partial charge in [-0.3, -0.25) is 4.98 Å². The van der Waals surface area contributed by atoms with Crippen molar-refractivity contribution in [1.29, 1.82) is 0 Å². The van der Waals surface area contributed by atoms with Crippen molar-refractivity contribution in [3.05, 3.63) is 109 Å². The molecule has 3 aromatic carbocycles. The number of hydrogen-bond donors (Lipinski definition) is 0. The number of hydrogen-bond acceptors (Lipinski definition) is 2. The number of aromatic nitrogens is 2. The topological polar surface area (TPSA) is 29.9 Å². The number of furan rings is 1. The molecular formula is C30H22FN2O+. The molecule has 0 aliphatic rings. The lowest BCUT2D eigenvalue weighted by Gasteiger charge is -2.06. The van der Waals surface area contributed by atoms with Crippen molar-refractivity contribution in [3.8, 4) is 33.6 Å². The summed E-state index contributed by atoms with van der Waals surface area (Å²) in [5.41, 5.74) is 7.44. The lowest BCUT2D eigenvalue weighted by Crippen LogP contribution is -2.30. The van der Waals surface area contributed by atoms with Gasteiger partial charge in [0.25, 0.3) is 0 Å². The molecule has 0 unspecified atom stereocenters. The van der Waals surface area contributed by atoms with Crippen LogP contribution in [0.3, 0.4) is 0 Å². The molecule has 0 aliphatic heterocycles. The highest BCUT2D eigenvalue weighted by Gasteiger charge is 2.23. The largest absolute Gasteiger partial charge is 0.454 e. The smallest absolute Gasteiger partial charge is 0.216 e. The zero-order valence-electron chi connectivity index (χ0n) is 18.9. The second-order valence-corrected chi connectivity index (χ2v) is 8.53. The summed E-state index contributed by atoms with van der Waals surface area (Å²) in [7, 11) is 2.02. The molecule has 0 aliphatic carbocycles. The summed E-state index contributed by atoms with van der Waals surface area (Å²) in [5, 5.41) is 1.85. The van der Waals surface area contributed by atoms with Crippen molar-refractivity contribution in [3.63, 3.8) is 0 Å². The molecule has 0 fully saturated rings. The minimum atomic E-state index is -0.329. The predicted octanol–water partition coefficient (Wildman–Crippen LogP) is 7.25. The van der Waals surface area contributed by atoms with E-state index < -0.39 is 0 Å². The molecule has 0 saturated heterocycles. The Hall–Kier alpha value is -4.31. The Balaban J connectivity index is 1.59. The SMILES string of the molecule is Cc1ccc2c(oc3c(-c4ccc(-c5ccccc5)nc4)c(F)ccc32)c1-c1cccc[n+]1C.